The summed E-state index contributed by atoms with van der Waals surface area (Å²) < 4.78 is 17.3. The summed E-state index contributed by atoms with van der Waals surface area (Å²) in [6.45, 7) is 3.89. The Kier molecular flexibility index (Phi) is 7.37. The van der Waals surface area contributed by atoms with Crippen LogP contribution in [0, 0.1) is 0 Å². The highest BCUT2D eigenvalue weighted by molar-refractivity contribution is 5.37. The minimum absolute atomic E-state index is 0.607. The Bertz CT molecular complexity index is 291. The molecular weight excluding hydrogens is 222 g/mol. The lowest BCUT2D eigenvalue weighted by Crippen LogP contribution is -2.13. The van der Waals surface area contributed by atoms with Gasteiger partial charge in [-0.15, -0.1) is 0 Å². The molecule has 1 aromatic rings. The smallest absolute Gasteiger partial charge is 0.0727 e. The number of rotatable bonds is 10. The Morgan fingerprint density at radius 1 is 1.18 bits per heavy atom. The van der Waals surface area contributed by atoms with Gasteiger partial charge in [-0.1, -0.05) is 0 Å². The Hall–Kier alpha value is -1.11. The lowest BCUT2D eigenvalue weighted by atomic mass is 10.5. The monoisotopic (exact) mass is 243 g/mol. The maximum absolute atomic E-state index is 5.39. The van der Waals surface area contributed by atoms with Gasteiger partial charge in [-0.2, -0.15) is 5.10 Å². The lowest BCUT2D eigenvalue weighted by molar-refractivity contribution is 0.0272. The van der Waals surface area contributed by atoms with Crippen LogP contribution >= 0.6 is 0 Å². The highest BCUT2D eigenvalue weighted by Gasteiger charge is 1.94. The number of hydrogen-bond acceptors (Lipinski definition) is 5. The molecule has 1 rings (SSSR count). The molecule has 0 aliphatic carbocycles. The van der Waals surface area contributed by atoms with Gasteiger partial charge in [0.05, 0.1) is 44.9 Å². The van der Waals surface area contributed by atoms with Gasteiger partial charge in [0.15, 0.2) is 0 Å². The van der Waals surface area contributed by atoms with E-state index in [1.165, 1.54) is 0 Å². The van der Waals surface area contributed by atoms with Gasteiger partial charge in [0.1, 0.15) is 0 Å². The van der Waals surface area contributed by atoms with Crippen molar-refractivity contribution in [1.29, 1.82) is 0 Å². The maximum Gasteiger partial charge on any atom is 0.0727 e. The molecule has 0 radical (unpaired) electrons. The fourth-order valence-corrected chi connectivity index (χ4v) is 1.24. The molecule has 98 valence electrons. The summed E-state index contributed by atoms with van der Waals surface area (Å²) in [6, 6.07) is 0. The van der Waals surface area contributed by atoms with Gasteiger partial charge in [0, 0.05) is 26.9 Å². The van der Waals surface area contributed by atoms with E-state index in [-0.39, 0.29) is 0 Å². The second kappa shape index (κ2) is 8.98. The van der Waals surface area contributed by atoms with E-state index in [0.717, 1.165) is 12.2 Å². The van der Waals surface area contributed by atoms with Gasteiger partial charge in [-0.05, 0) is 0 Å². The second-order valence-electron chi connectivity index (χ2n) is 3.55. The summed E-state index contributed by atoms with van der Waals surface area (Å²) in [5, 5.41) is 7.26. The van der Waals surface area contributed by atoms with E-state index in [4.69, 9.17) is 14.2 Å². The Morgan fingerprint density at radius 2 is 1.88 bits per heavy atom. The molecule has 0 saturated carbocycles. The third kappa shape index (κ3) is 6.93. The molecule has 0 atom stereocenters. The number of aromatic nitrogens is 2. The molecule has 0 aromatic carbocycles. The van der Waals surface area contributed by atoms with Gasteiger partial charge in [0.2, 0.25) is 0 Å². The van der Waals surface area contributed by atoms with Crippen LogP contribution in [-0.2, 0) is 21.3 Å². The minimum atomic E-state index is 0.607. The molecular formula is C11H21N3O3. The first-order chi connectivity index (χ1) is 8.33. The van der Waals surface area contributed by atoms with Crippen molar-refractivity contribution in [1.82, 2.24) is 9.78 Å². The van der Waals surface area contributed by atoms with E-state index < -0.39 is 0 Å². The second-order valence-corrected chi connectivity index (χ2v) is 3.55. The van der Waals surface area contributed by atoms with E-state index in [1.54, 1.807) is 18.0 Å². The quantitative estimate of drug-likeness (QED) is 0.607. The zero-order chi connectivity index (χ0) is 12.3. The number of aryl methyl sites for hydroxylation is 1. The highest BCUT2D eigenvalue weighted by Crippen LogP contribution is 2.01. The summed E-state index contributed by atoms with van der Waals surface area (Å²) in [5.41, 5.74) is 1.01. The maximum atomic E-state index is 5.39. The Morgan fingerprint density at radius 3 is 2.53 bits per heavy atom. The standard InChI is InChI=1S/C11H21N3O3/c1-14-10-11(9-13-14)12-3-4-16-7-8-17-6-5-15-2/h9-10,12H,3-8H2,1-2H3. The molecule has 6 nitrogen and oxygen atoms in total. The van der Waals surface area contributed by atoms with E-state index >= 15 is 0 Å². The van der Waals surface area contributed by atoms with E-state index in [0.29, 0.717) is 33.0 Å². The number of nitrogens with zero attached hydrogens (tertiary/aromatic N) is 2. The first-order valence-electron chi connectivity index (χ1n) is 5.70. The first-order valence-corrected chi connectivity index (χ1v) is 5.70. The summed E-state index contributed by atoms with van der Waals surface area (Å²) in [4.78, 5) is 0. The van der Waals surface area contributed by atoms with Crippen LogP contribution in [-0.4, -0.2) is 56.5 Å². The SMILES string of the molecule is COCCOCCOCCNc1cnn(C)c1. The van der Waals surface area contributed by atoms with Crippen molar-refractivity contribution < 1.29 is 14.2 Å². The van der Waals surface area contributed by atoms with Crippen LogP contribution in [0.15, 0.2) is 12.4 Å². The van der Waals surface area contributed by atoms with Crippen molar-refractivity contribution in [3.8, 4) is 0 Å². The number of hydrogen-bond donors (Lipinski definition) is 1. The first kappa shape index (κ1) is 14.0. The minimum Gasteiger partial charge on any atom is -0.382 e. The summed E-state index contributed by atoms with van der Waals surface area (Å²) in [7, 11) is 3.54. The average molecular weight is 243 g/mol. The predicted molar refractivity (Wildman–Crippen MR) is 65.2 cm³/mol. The predicted octanol–water partition coefficient (Wildman–Crippen LogP) is 0.512. The molecule has 0 saturated heterocycles. The molecule has 0 spiro atoms. The van der Waals surface area contributed by atoms with Crippen LogP contribution in [0.25, 0.3) is 0 Å². The fourth-order valence-electron chi connectivity index (χ4n) is 1.24. The molecule has 6 heteroatoms. The molecule has 1 N–H and O–H groups in total. The summed E-state index contributed by atoms with van der Waals surface area (Å²) in [6.07, 6.45) is 3.71. The van der Waals surface area contributed by atoms with Gasteiger partial charge in [0.25, 0.3) is 0 Å². The topological polar surface area (TPSA) is 57.5 Å². The average Bonchev–Trinajstić information content (AvgIpc) is 2.73. The third-order valence-corrected chi connectivity index (χ3v) is 2.08. The number of anilines is 1. The van der Waals surface area contributed by atoms with Crippen LogP contribution in [0.4, 0.5) is 5.69 Å². The van der Waals surface area contributed by atoms with Crippen molar-refractivity contribution >= 4 is 5.69 Å². The Balaban J connectivity index is 1.84. The van der Waals surface area contributed by atoms with Crippen molar-refractivity contribution in [2.45, 2.75) is 0 Å². The van der Waals surface area contributed by atoms with E-state index in [9.17, 15) is 0 Å². The van der Waals surface area contributed by atoms with E-state index in [2.05, 4.69) is 10.4 Å². The molecule has 1 aromatic heterocycles. The number of ether oxygens (including phenoxy) is 3. The largest absolute Gasteiger partial charge is 0.382 e. The molecule has 17 heavy (non-hydrogen) atoms. The zero-order valence-corrected chi connectivity index (χ0v) is 10.5. The van der Waals surface area contributed by atoms with Crippen LogP contribution in [0.2, 0.25) is 0 Å². The van der Waals surface area contributed by atoms with Crippen LogP contribution in [0.5, 0.6) is 0 Å². The van der Waals surface area contributed by atoms with Crippen LogP contribution in [0.3, 0.4) is 0 Å². The normalized spacial score (nSPS) is 10.7. The van der Waals surface area contributed by atoms with Crippen molar-refractivity contribution in [2.75, 3.05) is 52.0 Å². The van der Waals surface area contributed by atoms with Gasteiger partial charge >= 0.3 is 0 Å². The third-order valence-electron chi connectivity index (χ3n) is 2.08. The lowest BCUT2D eigenvalue weighted by Gasteiger charge is -2.06. The van der Waals surface area contributed by atoms with E-state index in [1.807, 2.05) is 13.2 Å². The molecule has 0 bridgehead atoms. The van der Waals surface area contributed by atoms with Gasteiger partial charge in [-0.3, -0.25) is 4.68 Å². The van der Waals surface area contributed by atoms with Crippen molar-refractivity contribution in [3.05, 3.63) is 12.4 Å². The molecule has 0 fully saturated rings. The number of methoxy groups -OCH3 is 1. The van der Waals surface area contributed by atoms with Crippen molar-refractivity contribution in [3.63, 3.8) is 0 Å². The van der Waals surface area contributed by atoms with Crippen LogP contribution < -0.4 is 5.32 Å². The van der Waals surface area contributed by atoms with Gasteiger partial charge < -0.3 is 19.5 Å². The van der Waals surface area contributed by atoms with Gasteiger partial charge in [-0.25, -0.2) is 0 Å². The molecule has 1 heterocycles. The number of nitrogens with one attached hydrogen (secondary N) is 1. The molecule has 0 aliphatic rings. The zero-order valence-electron chi connectivity index (χ0n) is 10.5. The molecule has 0 amide bonds. The molecule has 0 unspecified atom stereocenters. The molecule has 0 aliphatic heterocycles. The van der Waals surface area contributed by atoms with Crippen molar-refractivity contribution in [2.24, 2.45) is 7.05 Å². The summed E-state index contributed by atoms with van der Waals surface area (Å²) >= 11 is 0. The Labute approximate surface area is 102 Å². The highest BCUT2D eigenvalue weighted by atomic mass is 16.5. The van der Waals surface area contributed by atoms with Crippen LogP contribution in [0.1, 0.15) is 0 Å². The summed E-state index contributed by atoms with van der Waals surface area (Å²) in [5.74, 6) is 0. The fraction of sp³-hybridized carbons (Fsp3) is 0.727.